The van der Waals surface area contributed by atoms with Gasteiger partial charge < -0.3 is 9.47 Å². The first-order valence-corrected chi connectivity index (χ1v) is 4.30. The van der Waals surface area contributed by atoms with E-state index in [0.29, 0.717) is 5.70 Å². The summed E-state index contributed by atoms with van der Waals surface area (Å²) in [6, 6.07) is 0. The van der Waals surface area contributed by atoms with Crippen molar-refractivity contribution in [1.82, 2.24) is 10.4 Å². The molecule has 15 heavy (non-hydrogen) atoms. The number of hydrogen-bond acceptors (Lipinski definition) is 4. The first kappa shape index (κ1) is 13.3. The summed E-state index contributed by atoms with van der Waals surface area (Å²) >= 11 is 0. The molecule has 0 bridgehead atoms. The Balaban J connectivity index is 4.83. The van der Waals surface area contributed by atoms with E-state index in [1.807, 2.05) is 13.8 Å². The van der Waals surface area contributed by atoms with Gasteiger partial charge in [-0.3, -0.25) is 0 Å². The lowest BCUT2D eigenvalue weighted by atomic mass is 10.3. The maximum atomic E-state index is 11.3. The maximum Gasteiger partial charge on any atom is 0.433 e. The van der Waals surface area contributed by atoms with Crippen LogP contribution < -0.4 is 5.43 Å². The number of hydrogen-bond donors (Lipinski definition) is 1. The molecule has 86 valence electrons. The summed E-state index contributed by atoms with van der Waals surface area (Å²) in [5, 5.41) is 0.987. The van der Waals surface area contributed by atoms with E-state index in [1.165, 1.54) is 14.2 Å². The Bertz CT molecular complexity index is 282. The van der Waals surface area contributed by atoms with Gasteiger partial charge in [-0.25, -0.2) is 15.0 Å². The van der Waals surface area contributed by atoms with E-state index < -0.39 is 12.2 Å². The molecule has 0 aromatic carbocycles. The Morgan fingerprint density at radius 1 is 1.07 bits per heavy atom. The van der Waals surface area contributed by atoms with Gasteiger partial charge in [-0.05, 0) is 20.8 Å². The average molecular weight is 216 g/mol. The van der Waals surface area contributed by atoms with Crippen molar-refractivity contribution in [2.45, 2.75) is 20.8 Å². The summed E-state index contributed by atoms with van der Waals surface area (Å²) in [5.74, 6) is 0. The summed E-state index contributed by atoms with van der Waals surface area (Å²) in [6.07, 6.45) is -1.42. The number of rotatable bonds is 1. The standard InChI is InChI=1S/C9H16N2O4/c1-6(2)7(3)11(9(13)15-5)10-8(12)14-4/h1-5H3,(H,10,12). The van der Waals surface area contributed by atoms with Crippen molar-refractivity contribution >= 4 is 12.2 Å². The molecule has 6 nitrogen and oxygen atoms in total. The normalized spacial score (nSPS) is 8.87. The van der Waals surface area contributed by atoms with E-state index in [9.17, 15) is 9.59 Å². The minimum atomic E-state index is -0.735. The second kappa shape index (κ2) is 5.90. The van der Waals surface area contributed by atoms with Crippen molar-refractivity contribution < 1.29 is 19.1 Å². The number of carbonyl (C=O) groups is 2. The van der Waals surface area contributed by atoms with Crippen LogP contribution >= 0.6 is 0 Å². The molecule has 0 atom stereocenters. The Hall–Kier alpha value is -1.72. The number of nitrogens with one attached hydrogen (secondary N) is 1. The first-order valence-electron chi connectivity index (χ1n) is 4.30. The van der Waals surface area contributed by atoms with Crippen molar-refractivity contribution in [1.29, 1.82) is 0 Å². The highest BCUT2D eigenvalue weighted by Gasteiger charge is 2.19. The lowest BCUT2D eigenvalue weighted by molar-refractivity contribution is 0.103. The van der Waals surface area contributed by atoms with Crippen molar-refractivity contribution in [3.63, 3.8) is 0 Å². The van der Waals surface area contributed by atoms with E-state index in [-0.39, 0.29) is 0 Å². The van der Waals surface area contributed by atoms with Gasteiger partial charge in [-0.2, -0.15) is 5.01 Å². The van der Waals surface area contributed by atoms with Crippen molar-refractivity contribution in [2.75, 3.05) is 14.2 Å². The van der Waals surface area contributed by atoms with Gasteiger partial charge in [0.2, 0.25) is 0 Å². The van der Waals surface area contributed by atoms with Gasteiger partial charge in [0.1, 0.15) is 0 Å². The highest BCUT2D eigenvalue weighted by atomic mass is 16.6. The van der Waals surface area contributed by atoms with Crippen LogP contribution in [0.15, 0.2) is 11.3 Å². The van der Waals surface area contributed by atoms with Gasteiger partial charge in [0.05, 0.1) is 14.2 Å². The van der Waals surface area contributed by atoms with E-state index in [2.05, 4.69) is 14.9 Å². The quantitative estimate of drug-likeness (QED) is 0.676. The van der Waals surface area contributed by atoms with Crippen molar-refractivity contribution in [2.24, 2.45) is 0 Å². The van der Waals surface area contributed by atoms with Gasteiger partial charge in [0.25, 0.3) is 0 Å². The van der Waals surface area contributed by atoms with Crippen LogP contribution in [0.4, 0.5) is 9.59 Å². The van der Waals surface area contributed by atoms with Gasteiger partial charge >= 0.3 is 12.2 Å². The monoisotopic (exact) mass is 216 g/mol. The molecule has 0 aromatic heterocycles. The smallest absolute Gasteiger partial charge is 0.433 e. The summed E-state index contributed by atoms with van der Waals surface area (Å²) < 4.78 is 8.89. The molecular weight excluding hydrogens is 200 g/mol. The number of allylic oxidation sites excluding steroid dienone is 2. The Morgan fingerprint density at radius 3 is 1.93 bits per heavy atom. The number of methoxy groups -OCH3 is 2. The third-order valence-electron chi connectivity index (χ3n) is 1.80. The second-order valence-corrected chi connectivity index (χ2v) is 2.99. The molecule has 0 saturated carbocycles. The lowest BCUT2D eigenvalue weighted by Crippen LogP contribution is -2.45. The van der Waals surface area contributed by atoms with Gasteiger partial charge in [-0.15, -0.1) is 0 Å². The van der Waals surface area contributed by atoms with Crippen LogP contribution in [0, 0.1) is 0 Å². The predicted molar refractivity (Wildman–Crippen MR) is 53.8 cm³/mol. The van der Waals surface area contributed by atoms with Crippen LogP contribution in [0.5, 0.6) is 0 Å². The van der Waals surface area contributed by atoms with Crippen LogP contribution in [0.25, 0.3) is 0 Å². The molecular formula is C9H16N2O4. The van der Waals surface area contributed by atoms with Crippen molar-refractivity contribution in [3.8, 4) is 0 Å². The molecule has 1 N–H and O–H groups in total. The average Bonchev–Trinajstić information content (AvgIpc) is 2.23. The van der Waals surface area contributed by atoms with E-state index in [0.717, 1.165) is 10.6 Å². The fourth-order valence-corrected chi connectivity index (χ4v) is 0.718. The number of carbonyl (C=O) groups excluding carboxylic acids is 2. The molecule has 0 radical (unpaired) electrons. The number of nitrogens with zero attached hydrogens (tertiary/aromatic N) is 1. The zero-order chi connectivity index (χ0) is 12.0. The fourth-order valence-electron chi connectivity index (χ4n) is 0.718. The molecule has 0 unspecified atom stereocenters. The Kier molecular flexibility index (Phi) is 5.22. The number of amides is 2. The van der Waals surface area contributed by atoms with Gasteiger partial charge in [-0.1, -0.05) is 5.57 Å². The number of ether oxygens (including phenoxy) is 2. The topological polar surface area (TPSA) is 67.9 Å². The zero-order valence-corrected chi connectivity index (χ0v) is 9.58. The third-order valence-corrected chi connectivity index (χ3v) is 1.80. The number of hydrazine groups is 1. The van der Waals surface area contributed by atoms with Crippen LogP contribution in [-0.4, -0.2) is 31.4 Å². The van der Waals surface area contributed by atoms with Gasteiger partial charge in [0.15, 0.2) is 0 Å². The molecule has 0 rings (SSSR count). The molecule has 0 spiro atoms. The van der Waals surface area contributed by atoms with E-state index >= 15 is 0 Å². The largest absolute Gasteiger partial charge is 0.452 e. The molecule has 0 heterocycles. The van der Waals surface area contributed by atoms with Crippen LogP contribution in [0.2, 0.25) is 0 Å². The highest BCUT2D eigenvalue weighted by molar-refractivity contribution is 5.75. The van der Waals surface area contributed by atoms with Gasteiger partial charge in [0, 0.05) is 5.70 Å². The molecule has 0 aliphatic carbocycles. The van der Waals surface area contributed by atoms with Crippen LogP contribution in [0.3, 0.4) is 0 Å². The lowest BCUT2D eigenvalue weighted by Gasteiger charge is -2.22. The second-order valence-electron chi connectivity index (χ2n) is 2.99. The molecule has 6 heteroatoms. The van der Waals surface area contributed by atoms with Crippen LogP contribution in [0.1, 0.15) is 20.8 Å². The maximum absolute atomic E-state index is 11.3. The predicted octanol–water partition coefficient (Wildman–Crippen LogP) is 1.64. The SMILES string of the molecule is COC(=O)NN(C(=O)OC)C(C)=C(C)C. The molecule has 0 fully saturated rings. The van der Waals surface area contributed by atoms with Crippen molar-refractivity contribution in [3.05, 3.63) is 11.3 Å². The third kappa shape index (κ3) is 3.88. The highest BCUT2D eigenvalue weighted by Crippen LogP contribution is 2.08. The molecule has 2 amide bonds. The Labute approximate surface area is 88.8 Å². The molecule has 0 aliphatic heterocycles. The fraction of sp³-hybridized carbons (Fsp3) is 0.556. The first-order chi connectivity index (χ1) is 6.93. The summed E-state index contributed by atoms with van der Waals surface area (Å²) in [7, 11) is 2.44. The van der Waals surface area contributed by atoms with Crippen LogP contribution in [-0.2, 0) is 9.47 Å². The molecule has 0 aromatic rings. The minimum absolute atomic E-state index is 0.576. The Morgan fingerprint density at radius 2 is 1.60 bits per heavy atom. The molecule has 0 saturated heterocycles. The van der Waals surface area contributed by atoms with E-state index in [1.54, 1.807) is 6.92 Å². The zero-order valence-electron chi connectivity index (χ0n) is 9.58. The minimum Gasteiger partial charge on any atom is -0.452 e. The van der Waals surface area contributed by atoms with E-state index in [4.69, 9.17) is 0 Å². The molecule has 0 aliphatic rings. The summed E-state index contributed by atoms with van der Waals surface area (Å²) in [5.41, 5.74) is 3.69. The summed E-state index contributed by atoms with van der Waals surface area (Å²) in [6.45, 7) is 5.30. The summed E-state index contributed by atoms with van der Waals surface area (Å²) in [4.78, 5) is 22.3.